The molecule has 1 N–H and O–H groups in total. The van der Waals surface area contributed by atoms with Crippen LogP contribution in [-0.2, 0) is 6.54 Å². The van der Waals surface area contributed by atoms with Gasteiger partial charge in [-0.05, 0) is 19.1 Å². The van der Waals surface area contributed by atoms with Crippen molar-refractivity contribution in [3.05, 3.63) is 41.4 Å². The van der Waals surface area contributed by atoms with Gasteiger partial charge in [0, 0.05) is 12.7 Å². The SMILES string of the molecule is CCn1cc(NC(=O)c2cccc(Cl)n2)cn1. The lowest BCUT2D eigenvalue weighted by Crippen LogP contribution is -2.13. The molecule has 0 bridgehead atoms. The molecule has 2 heterocycles. The lowest BCUT2D eigenvalue weighted by Gasteiger charge is -2.01. The van der Waals surface area contributed by atoms with E-state index in [1.54, 1.807) is 35.3 Å². The van der Waals surface area contributed by atoms with E-state index in [4.69, 9.17) is 11.6 Å². The Morgan fingerprint density at radius 1 is 1.53 bits per heavy atom. The summed E-state index contributed by atoms with van der Waals surface area (Å²) in [5, 5.41) is 7.04. The highest BCUT2D eigenvalue weighted by atomic mass is 35.5. The average molecular weight is 251 g/mol. The molecule has 2 aromatic heterocycles. The largest absolute Gasteiger partial charge is 0.318 e. The van der Waals surface area contributed by atoms with E-state index in [0.717, 1.165) is 6.54 Å². The first-order valence-corrected chi connectivity index (χ1v) is 5.53. The molecular weight excluding hydrogens is 240 g/mol. The summed E-state index contributed by atoms with van der Waals surface area (Å²) >= 11 is 5.71. The van der Waals surface area contributed by atoms with Gasteiger partial charge in [0.05, 0.1) is 11.9 Å². The minimum atomic E-state index is -0.303. The Morgan fingerprint density at radius 2 is 2.35 bits per heavy atom. The predicted molar refractivity (Wildman–Crippen MR) is 65.1 cm³/mol. The van der Waals surface area contributed by atoms with Crippen LogP contribution < -0.4 is 5.32 Å². The van der Waals surface area contributed by atoms with Crippen LogP contribution in [0.4, 0.5) is 5.69 Å². The first kappa shape index (κ1) is 11.6. The first-order chi connectivity index (χ1) is 8.19. The molecule has 2 aromatic rings. The average Bonchev–Trinajstić information content (AvgIpc) is 2.77. The number of anilines is 1. The maximum absolute atomic E-state index is 11.8. The van der Waals surface area contributed by atoms with Crippen LogP contribution in [0.2, 0.25) is 5.15 Å². The first-order valence-electron chi connectivity index (χ1n) is 5.15. The summed E-state index contributed by atoms with van der Waals surface area (Å²) in [6.45, 7) is 2.72. The molecule has 17 heavy (non-hydrogen) atoms. The summed E-state index contributed by atoms with van der Waals surface area (Å²) in [6, 6.07) is 4.90. The maximum atomic E-state index is 11.8. The van der Waals surface area contributed by atoms with Crippen molar-refractivity contribution in [3.8, 4) is 0 Å². The number of aryl methyl sites for hydroxylation is 1. The fourth-order valence-corrected chi connectivity index (χ4v) is 1.49. The van der Waals surface area contributed by atoms with Gasteiger partial charge in [-0.2, -0.15) is 5.10 Å². The normalized spacial score (nSPS) is 10.2. The van der Waals surface area contributed by atoms with Gasteiger partial charge in [-0.3, -0.25) is 9.48 Å². The van der Waals surface area contributed by atoms with Crippen LogP contribution in [0.1, 0.15) is 17.4 Å². The third-order valence-corrected chi connectivity index (χ3v) is 2.37. The summed E-state index contributed by atoms with van der Waals surface area (Å²) < 4.78 is 1.72. The molecule has 1 amide bonds. The third kappa shape index (κ3) is 2.82. The quantitative estimate of drug-likeness (QED) is 0.850. The number of hydrogen-bond donors (Lipinski definition) is 1. The Balaban J connectivity index is 2.11. The van der Waals surface area contributed by atoms with Crippen molar-refractivity contribution >= 4 is 23.2 Å². The van der Waals surface area contributed by atoms with Crippen molar-refractivity contribution in [1.82, 2.24) is 14.8 Å². The molecule has 0 radical (unpaired) electrons. The predicted octanol–water partition coefficient (Wildman–Crippen LogP) is 2.20. The summed E-state index contributed by atoms with van der Waals surface area (Å²) in [5.41, 5.74) is 0.917. The van der Waals surface area contributed by atoms with E-state index < -0.39 is 0 Å². The number of amides is 1. The molecular formula is C11H11ClN4O. The van der Waals surface area contributed by atoms with Crippen molar-refractivity contribution in [2.45, 2.75) is 13.5 Å². The summed E-state index contributed by atoms with van der Waals surface area (Å²) in [4.78, 5) is 15.7. The van der Waals surface area contributed by atoms with E-state index in [2.05, 4.69) is 15.4 Å². The van der Waals surface area contributed by atoms with Crippen molar-refractivity contribution in [2.75, 3.05) is 5.32 Å². The number of rotatable bonds is 3. The summed E-state index contributed by atoms with van der Waals surface area (Å²) in [6.07, 6.45) is 3.34. The van der Waals surface area contributed by atoms with Gasteiger partial charge >= 0.3 is 0 Å². The van der Waals surface area contributed by atoms with Crippen molar-refractivity contribution in [2.24, 2.45) is 0 Å². The van der Waals surface area contributed by atoms with Gasteiger partial charge in [0.2, 0.25) is 0 Å². The Morgan fingerprint density at radius 3 is 3.00 bits per heavy atom. The smallest absolute Gasteiger partial charge is 0.274 e. The monoisotopic (exact) mass is 250 g/mol. The van der Waals surface area contributed by atoms with Crippen LogP contribution in [0.5, 0.6) is 0 Å². The third-order valence-electron chi connectivity index (χ3n) is 2.16. The molecule has 0 aromatic carbocycles. The van der Waals surface area contributed by atoms with E-state index in [0.29, 0.717) is 10.8 Å². The Hall–Kier alpha value is -1.88. The van der Waals surface area contributed by atoms with Crippen molar-refractivity contribution in [1.29, 1.82) is 0 Å². The van der Waals surface area contributed by atoms with Gasteiger partial charge in [-0.1, -0.05) is 17.7 Å². The molecule has 0 atom stereocenters. The summed E-state index contributed by atoms with van der Waals surface area (Å²) in [7, 11) is 0. The number of hydrogen-bond acceptors (Lipinski definition) is 3. The van der Waals surface area contributed by atoms with Crippen LogP contribution in [0.3, 0.4) is 0 Å². The highest BCUT2D eigenvalue weighted by molar-refractivity contribution is 6.29. The van der Waals surface area contributed by atoms with E-state index in [-0.39, 0.29) is 11.6 Å². The molecule has 0 aliphatic rings. The van der Waals surface area contributed by atoms with Crippen LogP contribution >= 0.6 is 11.6 Å². The van der Waals surface area contributed by atoms with E-state index in [9.17, 15) is 4.79 Å². The van der Waals surface area contributed by atoms with Crippen molar-refractivity contribution in [3.63, 3.8) is 0 Å². The number of nitrogens with one attached hydrogen (secondary N) is 1. The second-order valence-corrected chi connectivity index (χ2v) is 3.77. The minimum absolute atomic E-state index is 0.279. The van der Waals surface area contributed by atoms with Gasteiger partial charge in [0.1, 0.15) is 10.8 Å². The molecule has 5 nitrogen and oxygen atoms in total. The number of pyridine rings is 1. The lowest BCUT2D eigenvalue weighted by molar-refractivity contribution is 0.102. The molecule has 0 saturated carbocycles. The molecule has 0 fully saturated rings. The van der Waals surface area contributed by atoms with Gasteiger partial charge in [0.25, 0.3) is 5.91 Å². The van der Waals surface area contributed by atoms with Crippen LogP contribution in [0, 0.1) is 0 Å². The van der Waals surface area contributed by atoms with Gasteiger partial charge in [-0.25, -0.2) is 4.98 Å². The number of carbonyl (C=O) groups excluding carboxylic acids is 1. The second kappa shape index (κ2) is 4.97. The van der Waals surface area contributed by atoms with Gasteiger partial charge in [-0.15, -0.1) is 0 Å². The number of nitrogens with zero attached hydrogens (tertiary/aromatic N) is 3. The zero-order valence-corrected chi connectivity index (χ0v) is 9.98. The molecule has 0 aliphatic carbocycles. The molecule has 2 rings (SSSR count). The molecule has 88 valence electrons. The van der Waals surface area contributed by atoms with Crippen LogP contribution in [0.25, 0.3) is 0 Å². The van der Waals surface area contributed by atoms with E-state index in [1.807, 2.05) is 6.92 Å². The summed E-state index contributed by atoms with van der Waals surface area (Å²) in [5.74, 6) is -0.303. The topological polar surface area (TPSA) is 59.8 Å². The minimum Gasteiger partial charge on any atom is -0.318 e. The molecule has 0 unspecified atom stereocenters. The fraction of sp³-hybridized carbons (Fsp3) is 0.182. The zero-order valence-electron chi connectivity index (χ0n) is 9.22. The fourth-order valence-electron chi connectivity index (χ4n) is 1.33. The van der Waals surface area contributed by atoms with Crippen LogP contribution in [-0.4, -0.2) is 20.7 Å². The zero-order chi connectivity index (χ0) is 12.3. The Bertz CT molecular complexity index is 538. The number of carbonyl (C=O) groups is 1. The molecule has 0 aliphatic heterocycles. The van der Waals surface area contributed by atoms with Gasteiger partial charge < -0.3 is 5.32 Å². The van der Waals surface area contributed by atoms with Crippen molar-refractivity contribution < 1.29 is 4.79 Å². The highest BCUT2D eigenvalue weighted by Gasteiger charge is 2.08. The highest BCUT2D eigenvalue weighted by Crippen LogP contribution is 2.09. The van der Waals surface area contributed by atoms with E-state index in [1.165, 1.54) is 0 Å². The van der Waals surface area contributed by atoms with E-state index >= 15 is 0 Å². The lowest BCUT2D eigenvalue weighted by atomic mass is 10.3. The molecule has 0 saturated heterocycles. The Kier molecular flexibility index (Phi) is 3.39. The second-order valence-electron chi connectivity index (χ2n) is 3.38. The molecule has 0 spiro atoms. The van der Waals surface area contributed by atoms with Gasteiger partial charge in [0.15, 0.2) is 0 Å². The maximum Gasteiger partial charge on any atom is 0.274 e. The Labute approximate surface area is 103 Å². The number of aromatic nitrogens is 3. The number of halogens is 1. The molecule has 6 heteroatoms. The van der Waals surface area contributed by atoms with Crippen LogP contribution in [0.15, 0.2) is 30.6 Å². The standard InChI is InChI=1S/C11H11ClN4O/c1-2-16-7-8(6-13-16)14-11(17)9-4-3-5-10(12)15-9/h3-7H,2H2,1H3,(H,14,17).